The van der Waals surface area contributed by atoms with Gasteiger partial charge in [-0.2, -0.15) is 0 Å². The second kappa shape index (κ2) is 7.95. The van der Waals surface area contributed by atoms with Crippen molar-refractivity contribution in [3.63, 3.8) is 0 Å². The molecule has 2 saturated heterocycles. The van der Waals surface area contributed by atoms with Crippen molar-refractivity contribution in [2.75, 3.05) is 45.1 Å². The zero-order valence-corrected chi connectivity index (χ0v) is 14.6. The van der Waals surface area contributed by atoms with Crippen molar-refractivity contribution in [2.24, 2.45) is 0 Å². The van der Waals surface area contributed by atoms with Crippen LogP contribution in [0.3, 0.4) is 0 Å². The number of nitrogens with one attached hydrogen (secondary N) is 2. The largest absolute Gasteiger partial charge is 0.392 e. The molecule has 2 aliphatic heterocycles. The Bertz CT molecular complexity index is 629. The van der Waals surface area contributed by atoms with Crippen molar-refractivity contribution in [3.05, 3.63) is 29.8 Å². The van der Waals surface area contributed by atoms with Gasteiger partial charge in [0.1, 0.15) is 0 Å². The lowest BCUT2D eigenvalue weighted by Gasteiger charge is -2.32. The number of carbonyl (C=O) groups excluding carboxylic acids is 2. The van der Waals surface area contributed by atoms with E-state index in [4.69, 9.17) is 0 Å². The lowest BCUT2D eigenvalue weighted by Crippen LogP contribution is -2.47. The molecular weight excluding hydrogens is 320 g/mol. The van der Waals surface area contributed by atoms with Crippen molar-refractivity contribution in [2.45, 2.75) is 25.0 Å². The molecule has 0 bridgehead atoms. The highest BCUT2D eigenvalue weighted by atomic mass is 16.3. The molecule has 7 nitrogen and oxygen atoms in total. The Morgan fingerprint density at radius 2 is 2.04 bits per heavy atom. The predicted molar refractivity (Wildman–Crippen MR) is 95.3 cm³/mol. The summed E-state index contributed by atoms with van der Waals surface area (Å²) in [6.45, 7) is 3.78. The summed E-state index contributed by atoms with van der Waals surface area (Å²) in [7, 11) is 2.06. The molecule has 2 amide bonds. The molecule has 1 aromatic rings. The zero-order chi connectivity index (χ0) is 17.8. The SMILES string of the molecule is CN1CCN(C(=O)Cc2cccc(NC(=O)C3CC(O)CN3)c2)CC1. The van der Waals surface area contributed by atoms with Crippen LogP contribution in [-0.4, -0.2) is 78.6 Å². The molecule has 1 aromatic carbocycles. The number of nitrogens with zero attached hydrogens (tertiary/aromatic N) is 2. The van der Waals surface area contributed by atoms with Gasteiger partial charge in [-0.25, -0.2) is 0 Å². The summed E-state index contributed by atoms with van der Waals surface area (Å²) in [5.41, 5.74) is 1.57. The van der Waals surface area contributed by atoms with Crippen LogP contribution in [0.5, 0.6) is 0 Å². The number of benzene rings is 1. The van der Waals surface area contributed by atoms with Crippen LogP contribution in [0.2, 0.25) is 0 Å². The second-order valence-corrected chi connectivity index (χ2v) is 6.90. The molecule has 3 N–H and O–H groups in total. The first kappa shape index (κ1) is 17.8. The normalized spacial score (nSPS) is 24.3. The molecule has 0 aromatic heterocycles. The number of anilines is 1. The minimum absolute atomic E-state index is 0.122. The van der Waals surface area contributed by atoms with Gasteiger partial charge >= 0.3 is 0 Å². The maximum absolute atomic E-state index is 12.4. The van der Waals surface area contributed by atoms with Crippen molar-refractivity contribution in [1.29, 1.82) is 0 Å². The van der Waals surface area contributed by atoms with Crippen molar-refractivity contribution < 1.29 is 14.7 Å². The first-order chi connectivity index (χ1) is 12.0. The highest BCUT2D eigenvalue weighted by Crippen LogP contribution is 2.15. The zero-order valence-electron chi connectivity index (χ0n) is 14.6. The van der Waals surface area contributed by atoms with Crippen molar-refractivity contribution in [3.8, 4) is 0 Å². The monoisotopic (exact) mass is 346 g/mol. The molecule has 0 aliphatic carbocycles. The van der Waals surface area contributed by atoms with E-state index in [1.807, 2.05) is 29.2 Å². The van der Waals surface area contributed by atoms with E-state index in [0.29, 0.717) is 25.1 Å². The Morgan fingerprint density at radius 1 is 1.28 bits per heavy atom. The topological polar surface area (TPSA) is 84.9 Å². The van der Waals surface area contributed by atoms with E-state index >= 15 is 0 Å². The summed E-state index contributed by atoms with van der Waals surface area (Å²) < 4.78 is 0. The molecule has 25 heavy (non-hydrogen) atoms. The van der Waals surface area contributed by atoms with Crippen LogP contribution >= 0.6 is 0 Å². The molecule has 2 unspecified atom stereocenters. The fourth-order valence-electron chi connectivity index (χ4n) is 3.25. The van der Waals surface area contributed by atoms with Crippen LogP contribution < -0.4 is 10.6 Å². The van der Waals surface area contributed by atoms with Crippen LogP contribution in [0.4, 0.5) is 5.69 Å². The third kappa shape index (κ3) is 4.78. The van der Waals surface area contributed by atoms with Gasteiger partial charge in [-0.05, 0) is 31.2 Å². The summed E-state index contributed by atoms with van der Waals surface area (Å²) in [5, 5.41) is 15.4. The number of hydrogen-bond donors (Lipinski definition) is 3. The Morgan fingerprint density at radius 3 is 2.72 bits per heavy atom. The summed E-state index contributed by atoms with van der Waals surface area (Å²) >= 11 is 0. The lowest BCUT2D eigenvalue weighted by molar-refractivity contribution is -0.132. The highest BCUT2D eigenvalue weighted by Gasteiger charge is 2.28. The van der Waals surface area contributed by atoms with E-state index < -0.39 is 6.10 Å². The van der Waals surface area contributed by atoms with Crippen molar-refractivity contribution in [1.82, 2.24) is 15.1 Å². The minimum atomic E-state index is -0.469. The third-order valence-electron chi connectivity index (χ3n) is 4.83. The average Bonchev–Trinajstić information content (AvgIpc) is 3.02. The van der Waals surface area contributed by atoms with Gasteiger partial charge < -0.3 is 25.5 Å². The van der Waals surface area contributed by atoms with Gasteiger partial charge in [0.15, 0.2) is 0 Å². The molecule has 0 saturated carbocycles. The fraction of sp³-hybridized carbons (Fsp3) is 0.556. The Balaban J connectivity index is 1.56. The molecule has 2 atom stereocenters. The number of β-amino-alcohol motifs (C(OH)–C–C–N with tert-alkyl or cyclic N) is 1. The van der Waals surface area contributed by atoms with Gasteiger partial charge in [-0.15, -0.1) is 0 Å². The first-order valence-electron chi connectivity index (χ1n) is 8.79. The Hall–Kier alpha value is -1.96. The highest BCUT2D eigenvalue weighted by molar-refractivity contribution is 5.95. The number of aliphatic hydroxyl groups excluding tert-OH is 1. The molecule has 2 aliphatic rings. The number of hydrogen-bond acceptors (Lipinski definition) is 5. The fourth-order valence-corrected chi connectivity index (χ4v) is 3.25. The van der Waals surface area contributed by atoms with E-state index in [0.717, 1.165) is 31.7 Å². The number of piperazine rings is 1. The van der Waals surface area contributed by atoms with Crippen LogP contribution in [0.1, 0.15) is 12.0 Å². The van der Waals surface area contributed by atoms with Gasteiger partial charge in [0.05, 0.1) is 18.6 Å². The van der Waals surface area contributed by atoms with E-state index in [-0.39, 0.29) is 17.9 Å². The van der Waals surface area contributed by atoms with Crippen LogP contribution in [0, 0.1) is 0 Å². The van der Waals surface area contributed by atoms with E-state index in [1.165, 1.54) is 0 Å². The quantitative estimate of drug-likeness (QED) is 0.695. The summed E-state index contributed by atoms with van der Waals surface area (Å²) in [4.78, 5) is 28.8. The molecule has 7 heteroatoms. The molecular formula is C18H26N4O3. The molecule has 0 spiro atoms. The molecule has 136 valence electrons. The smallest absolute Gasteiger partial charge is 0.241 e. The number of rotatable bonds is 4. The van der Waals surface area contributed by atoms with Crippen LogP contribution in [0.15, 0.2) is 24.3 Å². The van der Waals surface area contributed by atoms with E-state index in [9.17, 15) is 14.7 Å². The molecule has 2 fully saturated rings. The average molecular weight is 346 g/mol. The number of amides is 2. The maximum Gasteiger partial charge on any atom is 0.241 e. The molecule has 3 rings (SSSR count). The van der Waals surface area contributed by atoms with E-state index in [2.05, 4.69) is 22.6 Å². The number of carbonyl (C=O) groups is 2. The van der Waals surface area contributed by atoms with Gasteiger partial charge in [-0.3, -0.25) is 9.59 Å². The first-order valence-corrected chi connectivity index (χ1v) is 8.79. The second-order valence-electron chi connectivity index (χ2n) is 6.90. The van der Waals surface area contributed by atoms with Gasteiger partial charge in [0, 0.05) is 38.4 Å². The van der Waals surface area contributed by atoms with Crippen LogP contribution in [0.25, 0.3) is 0 Å². The number of likely N-dealkylation sites (N-methyl/N-ethyl adjacent to an activating group) is 1. The maximum atomic E-state index is 12.4. The Kier molecular flexibility index (Phi) is 5.67. The van der Waals surface area contributed by atoms with Crippen molar-refractivity contribution >= 4 is 17.5 Å². The molecule has 2 heterocycles. The summed E-state index contributed by atoms with van der Waals surface area (Å²) in [6.07, 6.45) is 0.296. The van der Waals surface area contributed by atoms with E-state index in [1.54, 1.807) is 0 Å². The lowest BCUT2D eigenvalue weighted by atomic mass is 10.1. The summed E-state index contributed by atoms with van der Waals surface area (Å²) in [5.74, 6) is -0.0312. The minimum Gasteiger partial charge on any atom is -0.392 e. The third-order valence-corrected chi connectivity index (χ3v) is 4.83. The van der Waals surface area contributed by atoms with Crippen LogP contribution in [-0.2, 0) is 16.0 Å². The van der Waals surface area contributed by atoms with Gasteiger partial charge in [0.2, 0.25) is 11.8 Å². The standard InChI is InChI=1S/C18H26N4O3/c1-21-5-7-22(8-6-21)17(24)10-13-3-2-4-14(9-13)20-18(25)16-11-15(23)12-19-16/h2-4,9,15-16,19,23H,5-8,10-12H2,1H3,(H,20,25). The number of aliphatic hydroxyl groups is 1. The Labute approximate surface area is 148 Å². The van der Waals surface area contributed by atoms with Gasteiger partial charge in [-0.1, -0.05) is 12.1 Å². The summed E-state index contributed by atoms with van der Waals surface area (Å²) in [6, 6.07) is 7.04. The molecule has 0 radical (unpaired) electrons. The van der Waals surface area contributed by atoms with Gasteiger partial charge in [0.25, 0.3) is 0 Å². The predicted octanol–water partition coefficient (Wildman–Crippen LogP) is -0.336.